The maximum Gasteiger partial charge on any atom is 0.225 e. The summed E-state index contributed by atoms with van der Waals surface area (Å²) in [5, 5.41) is 5.34. The van der Waals surface area contributed by atoms with Crippen LogP contribution in [0, 0.1) is 11.7 Å². The van der Waals surface area contributed by atoms with E-state index in [-0.39, 0.29) is 23.2 Å². The third-order valence-corrected chi connectivity index (χ3v) is 10.3. The smallest absolute Gasteiger partial charge is 0.225 e. The molecule has 2 aromatic carbocycles. The van der Waals surface area contributed by atoms with Crippen LogP contribution < -0.4 is 14.4 Å². The number of fused-ring (bicyclic) bond motifs is 3. The highest BCUT2D eigenvalue weighted by Crippen LogP contribution is 2.49. The Morgan fingerprint density at radius 3 is 2.47 bits per heavy atom. The third-order valence-electron chi connectivity index (χ3n) is 10.3. The van der Waals surface area contributed by atoms with Crippen molar-refractivity contribution in [2.75, 3.05) is 58.9 Å². The predicted octanol–water partition coefficient (Wildman–Crippen LogP) is 4.25. The number of benzene rings is 2. The topological polar surface area (TPSA) is 88.9 Å². The first-order valence-corrected chi connectivity index (χ1v) is 15.8. The molecule has 0 atom stereocenters. The van der Waals surface area contributed by atoms with Gasteiger partial charge in [-0.25, -0.2) is 19.0 Å². The molecule has 3 aliphatic rings. The van der Waals surface area contributed by atoms with Crippen molar-refractivity contribution in [3.05, 3.63) is 71.4 Å². The molecule has 1 aliphatic carbocycles. The average molecular weight is 614 g/mol. The molecule has 45 heavy (non-hydrogen) atoms. The summed E-state index contributed by atoms with van der Waals surface area (Å²) in [5.41, 5.74) is 3.79. The van der Waals surface area contributed by atoms with Gasteiger partial charge in [-0.2, -0.15) is 5.10 Å². The standard InChI is InChI=1S/C34H40FN7O3/c1-39-13-10-24-18-29(44-2)30(45-3)19-27(24)34(39)11-8-23(9-12-34)33(43)41-16-14-40(15-17-41)31-26-20-38-42(32(26)37-22-36-31)21-25-6-4-5-7-28(25)35/h4-7,18-20,22-23H,8-17,21H2,1-3H3. The molecule has 0 radical (unpaired) electrons. The molecule has 2 aromatic heterocycles. The van der Waals surface area contributed by atoms with Crippen LogP contribution in [-0.4, -0.2) is 89.4 Å². The highest BCUT2D eigenvalue weighted by Gasteiger charge is 2.46. The van der Waals surface area contributed by atoms with Crippen molar-refractivity contribution < 1.29 is 18.7 Å². The van der Waals surface area contributed by atoms with E-state index in [4.69, 9.17) is 9.47 Å². The number of anilines is 1. The molecule has 1 saturated carbocycles. The van der Waals surface area contributed by atoms with Crippen LogP contribution in [-0.2, 0) is 23.3 Å². The summed E-state index contributed by atoms with van der Waals surface area (Å²) in [6.07, 6.45) is 7.89. The molecule has 1 spiro atoms. The molecule has 1 amide bonds. The molecule has 0 bridgehead atoms. The Morgan fingerprint density at radius 2 is 1.73 bits per heavy atom. The fraction of sp³-hybridized carbons (Fsp3) is 0.471. The molecule has 7 rings (SSSR count). The number of carbonyl (C=O) groups excluding carboxylic acids is 1. The van der Waals surface area contributed by atoms with Gasteiger partial charge in [0.25, 0.3) is 0 Å². The highest BCUT2D eigenvalue weighted by atomic mass is 19.1. The predicted molar refractivity (Wildman–Crippen MR) is 169 cm³/mol. The molecule has 11 heteroatoms. The molecule has 0 N–H and O–H groups in total. The molecule has 4 aromatic rings. The number of nitrogens with zero attached hydrogens (tertiary/aromatic N) is 7. The lowest BCUT2D eigenvalue weighted by atomic mass is 9.68. The number of ether oxygens (including phenoxy) is 2. The minimum atomic E-state index is -0.263. The molecular formula is C34H40FN7O3. The summed E-state index contributed by atoms with van der Waals surface area (Å²) in [6, 6.07) is 11.0. The van der Waals surface area contributed by atoms with E-state index in [1.54, 1.807) is 43.6 Å². The summed E-state index contributed by atoms with van der Waals surface area (Å²) in [5.74, 6) is 2.38. The van der Waals surface area contributed by atoms with Gasteiger partial charge in [0, 0.05) is 49.7 Å². The normalized spacial score (nSPS) is 22.1. The first-order valence-electron chi connectivity index (χ1n) is 15.8. The van der Waals surface area contributed by atoms with Crippen molar-refractivity contribution in [2.45, 2.75) is 44.2 Å². The van der Waals surface area contributed by atoms with Crippen molar-refractivity contribution in [3.8, 4) is 11.5 Å². The monoisotopic (exact) mass is 613 g/mol. The lowest BCUT2D eigenvalue weighted by molar-refractivity contribution is -0.138. The minimum Gasteiger partial charge on any atom is -0.493 e. The SMILES string of the molecule is COc1cc2c(cc1OC)C1(CCC(C(=O)N3CCN(c4ncnc5c4cnn5Cc4ccccc4F)CC3)CC1)N(C)CC2. The Bertz CT molecular complexity index is 1710. The van der Waals surface area contributed by atoms with Gasteiger partial charge in [0.15, 0.2) is 17.1 Å². The number of hydrogen-bond donors (Lipinski definition) is 0. The average Bonchev–Trinajstić information content (AvgIpc) is 3.50. The van der Waals surface area contributed by atoms with Gasteiger partial charge in [-0.05, 0) is 68.5 Å². The third kappa shape index (κ3) is 5.16. The van der Waals surface area contributed by atoms with Gasteiger partial charge in [-0.1, -0.05) is 18.2 Å². The molecule has 4 heterocycles. The van der Waals surface area contributed by atoms with Crippen LogP contribution in [0.5, 0.6) is 11.5 Å². The molecule has 236 valence electrons. The van der Waals surface area contributed by atoms with Gasteiger partial charge >= 0.3 is 0 Å². The molecule has 2 fully saturated rings. The lowest BCUT2D eigenvalue weighted by Gasteiger charge is -2.50. The van der Waals surface area contributed by atoms with Gasteiger partial charge in [-0.3, -0.25) is 9.69 Å². The van der Waals surface area contributed by atoms with Crippen molar-refractivity contribution in [1.82, 2.24) is 29.5 Å². The first-order chi connectivity index (χ1) is 21.9. The zero-order chi connectivity index (χ0) is 31.1. The number of likely N-dealkylation sites (N-methyl/N-ethyl adjacent to an activating group) is 1. The van der Waals surface area contributed by atoms with E-state index < -0.39 is 0 Å². The van der Waals surface area contributed by atoms with Crippen molar-refractivity contribution in [2.24, 2.45) is 5.92 Å². The molecule has 0 unspecified atom stereocenters. The maximum absolute atomic E-state index is 14.3. The number of hydrogen-bond acceptors (Lipinski definition) is 8. The van der Waals surface area contributed by atoms with Gasteiger partial charge in [-0.15, -0.1) is 0 Å². The molecule has 1 saturated heterocycles. The number of methoxy groups -OCH3 is 2. The summed E-state index contributed by atoms with van der Waals surface area (Å²) >= 11 is 0. The highest BCUT2D eigenvalue weighted by molar-refractivity contribution is 5.87. The van der Waals surface area contributed by atoms with Crippen LogP contribution in [0.15, 0.2) is 48.9 Å². The summed E-state index contributed by atoms with van der Waals surface area (Å²) < 4.78 is 27.3. The van der Waals surface area contributed by atoms with E-state index in [9.17, 15) is 9.18 Å². The van der Waals surface area contributed by atoms with Gasteiger partial charge in [0.1, 0.15) is 18.0 Å². The zero-order valence-corrected chi connectivity index (χ0v) is 26.2. The van der Waals surface area contributed by atoms with Crippen LogP contribution in [0.2, 0.25) is 0 Å². The van der Waals surface area contributed by atoms with Crippen LogP contribution in [0.1, 0.15) is 42.4 Å². The first kappa shape index (κ1) is 29.5. The Morgan fingerprint density at radius 1 is 1.00 bits per heavy atom. The number of piperazine rings is 1. The fourth-order valence-corrected chi connectivity index (χ4v) is 7.70. The van der Waals surface area contributed by atoms with Gasteiger partial charge in [0.05, 0.1) is 32.3 Å². The Balaban J connectivity index is 1.01. The molecule has 2 aliphatic heterocycles. The number of halogens is 1. The van der Waals surface area contributed by atoms with Crippen molar-refractivity contribution >= 4 is 22.8 Å². The molecule has 10 nitrogen and oxygen atoms in total. The van der Waals surface area contributed by atoms with Gasteiger partial charge in [0.2, 0.25) is 5.91 Å². The second-order valence-electron chi connectivity index (χ2n) is 12.5. The van der Waals surface area contributed by atoms with Crippen LogP contribution in [0.4, 0.5) is 10.2 Å². The second-order valence-corrected chi connectivity index (χ2v) is 12.5. The Hall–Kier alpha value is -4.25. The quantitative estimate of drug-likeness (QED) is 0.319. The fourth-order valence-electron chi connectivity index (χ4n) is 7.70. The minimum absolute atomic E-state index is 0.0310. The zero-order valence-electron chi connectivity index (χ0n) is 26.2. The van der Waals surface area contributed by atoms with E-state index >= 15 is 0 Å². The number of rotatable bonds is 6. The van der Waals surface area contributed by atoms with Crippen LogP contribution in [0.25, 0.3) is 11.0 Å². The van der Waals surface area contributed by atoms with Crippen LogP contribution >= 0.6 is 0 Å². The number of aromatic nitrogens is 4. The summed E-state index contributed by atoms with van der Waals surface area (Å²) in [7, 11) is 5.59. The Labute approximate surface area is 262 Å². The lowest BCUT2D eigenvalue weighted by Crippen LogP contribution is -2.54. The molecular weight excluding hydrogens is 573 g/mol. The van der Waals surface area contributed by atoms with E-state index in [0.717, 1.165) is 61.4 Å². The maximum atomic E-state index is 14.3. The largest absolute Gasteiger partial charge is 0.493 e. The van der Waals surface area contributed by atoms with Crippen molar-refractivity contribution in [1.29, 1.82) is 0 Å². The van der Waals surface area contributed by atoms with E-state index in [2.05, 4.69) is 44.0 Å². The van der Waals surface area contributed by atoms with Gasteiger partial charge < -0.3 is 19.3 Å². The van der Waals surface area contributed by atoms with Crippen molar-refractivity contribution in [3.63, 3.8) is 0 Å². The van der Waals surface area contributed by atoms with E-state index in [1.165, 1.54) is 17.2 Å². The summed E-state index contributed by atoms with van der Waals surface area (Å²) in [4.78, 5) is 29.6. The Kier molecular flexibility index (Phi) is 7.81. The van der Waals surface area contributed by atoms with E-state index in [1.807, 2.05) is 11.0 Å². The van der Waals surface area contributed by atoms with Crippen LogP contribution in [0.3, 0.4) is 0 Å². The second kappa shape index (κ2) is 11.9. The van der Waals surface area contributed by atoms with E-state index in [0.29, 0.717) is 43.9 Å². The number of carbonyl (C=O) groups is 1. The number of amides is 1. The summed E-state index contributed by atoms with van der Waals surface area (Å²) in [6.45, 7) is 3.95.